The van der Waals surface area contributed by atoms with E-state index in [1.165, 1.54) is 0 Å². The first-order chi connectivity index (χ1) is 8.95. The minimum Gasteiger partial charge on any atom is -0.309 e. The van der Waals surface area contributed by atoms with Crippen molar-refractivity contribution in [2.75, 3.05) is 7.05 Å². The lowest BCUT2D eigenvalue weighted by molar-refractivity contribution is 0.607. The van der Waals surface area contributed by atoms with Crippen LogP contribution in [0, 0.1) is 26.6 Å². The highest BCUT2D eigenvalue weighted by molar-refractivity contribution is 5.38. The van der Waals surface area contributed by atoms with Gasteiger partial charge in [0.05, 0.1) is 11.7 Å². The fourth-order valence-electron chi connectivity index (χ4n) is 2.47. The van der Waals surface area contributed by atoms with Crippen LogP contribution in [0.4, 0.5) is 4.39 Å². The predicted octanol–water partition coefficient (Wildman–Crippen LogP) is 2.79. The Morgan fingerprint density at radius 3 is 2.42 bits per heavy atom. The molecule has 0 saturated heterocycles. The van der Waals surface area contributed by atoms with Crippen molar-refractivity contribution < 1.29 is 4.39 Å². The molecule has 1 aromatic carbocycles. The minimum absolute atomic E-state index is 0.0381. The Morgan fingerprint density at radius 2 is 1.95 bits per heavy atom. The zero-order chi connectivity index (χ0) is 14.2. The van der Waals surface area contributed by atoms with Gasteiger partial charge in [-0.15, -0.1) is 0 Å². The Balaban J connectivity index is 2.52. The number of aromatic nitrogens is 2. The monoisotopic (exact) mass is 261 g/mol. The molecule has 4 heteroatoms. The van der Waals surface area contributed by atoms with Crippen LogP contribution in [0.2, 0.25) is 0 Å². The molecule has 1 unspecified atom stereocenters. The number of aryl methyl sites for hydroxylation is 3. The molecule has 0 aliphatic carbocycles. The quantitative estimate of drug-likeness (QED) is 0.920. The van der Waals surface area contributed by atoms with Crippen LogP contribution in [0.15, 0.2) is 18.2 Å². The first-order valence-corrected chi connectivity index (χ1v) is 6.39. The van der Waals surface area contributed by atoms with Crippen LogP contribution < -0.4 is 5.32 Å². The molecule has 0 aliphatic rings. The van der Waals surface area contributed by atoms with Gasteiger partial charge in [0.25, 0.3) is 0 Å². The Morgan fingerprint density at radius 1 is 1.26 bits per heavy atom. The third kappa shape index (κ3) is 2.40. The van der Waals surface area contributed by atoms with E-state index in [2.05, 4.69) is 10.4 Å². The summed E-state index contributed by atoms with van der Waals surface area (Å²) in [6.45, 7) is 5.79. The van der Waals surface area contributed by atoms with Gasteiger partial charge in [-0.2, -0.15) is 5.10 Å². The maximum absolute atomic E-state index is 13.7. The van der Waals surface area contributed by atoms with Crippen LogP contribution in [0.25, 0.3) is 0 Å². The zero-order valence-corrected chi connectivity index (χ0v) is 12.1. The van der Waals surface area contributed by atoms with Crippen molar-refractivity contribution in [3.63, 3.8) is 0 Å². The molecule has 0 aliphatic heterocycles. The van der Waals surface area contributed by atoms with Gasteiger partial charge in [0.15, 0.2) is 0 Å². The molecule has 2 rings (SSSR count). The summed E-state index contributed by atoms with van der Waals surface area (Å²) >= 11 is 0. The van der Waals surface area contributed by atoms with Crippen LogP contribution in [-0.2, 0) is 7.05 Å². The molecule has 1 atom stereocenters. The Labute approximate surface area is 113 Å². The molecule has 0 fully saturated rings. The second-order valence-corrected chi connectivity index (χ2v) is 4.94. The Bertz CT molecular complexity index is 602. The van der Waals surface area contributed by atoms with Crippen molar-refractivity contribution in [2.24, 2.45) is 7.05 Å². The van der Waals surface area contributed by atoms with Gasteiger partial charge in [-0.1, -0.05) is 12.1 Å². The number of rotatable bonds is 3. The zero-order valence-electron chi connectivity index (χ0n) is 12.1. The van der Waals surface area contributed by atoms with Gasteiger partial charge in [-0.25, -0.2) is 4.39 Å². The minimum atomic E-state index is -0.169. The molecule has 3 nitrogen and oxygen atoms in total. The van der Waals surface area contributed by atoms with Gasteiger partial charge in [0.2, 0.25) is 0 Å². The smallest absolute Gasteiger partial charge is 0.126 e. The normalized spacial score (nSPS) is 12.7. The number of halogens is 1. The standard InChI is InChI=1S/C15H20FN3/c1-9-6-7-12(8-13(9)16)15(17-4)14-10(2)18-19(5)11(14)3/h6-8,15,17H,1-5H3. The number of benzene rings is 1. The molecule has 0 radical (unpaired) electrons. The van der Waals surface area contributed by atoms with E-state index in [9.17, 15) is 4.39 Å². The summed E-state index contributed by atoms with van der Waals surface area (Å²) in [5.41, 5.74) is 4.77. The molecule has 0 amide bonds. The van der Waals surface area contributed by atoms with E-state index < -0.39 is 0 Å². The lowest BCUT2D eigenvalue weighted by atomic mass is 9.96. The number of nitrogens with one attached hydrogen (secondary N) is 1. The average molecular weight is 261 g/mol. The van der Waals surface area contributed by atoms with E-state index in [-0.39, 0.29) is 11.9 Å². The summed E-state index contributed by atoms with van der Waals surface area (Å²) in [6.07, 6.45) is 0. The highest BCUT2D eigenvalue weighted by atomic mass is 19.1. The summed E-state index contributed by atoms with van der Waals surface area (Å²) in [6, 6.07) is 5.34. The molecule has 2 aromatic rings. The third-order valence-electron chi connectivity index (χ3n) is 3.67. The maximum Gasteiger partial charge on any atom is 0.126 e. The van der Waals surface area contributed by atoms with Crippen molar-refractivity contribution in [1.29, 1.82) is 0 Å². The Hall–Kier alpha value is -1.68. The van der Waals surface area contributed by atoms with Gasteiger partial charge >= 0.3 is 0 Å². The van der Waals surface area contributed by atoms with Crippen molar-refractivity contribution in [2.45, 2.75) is 26.8 Å². The average Bonchev–Trinajstić information content (AvgIpc) is 2.61. The molecular formula is C15H20FN3. The molecule has 1 N–H and O–H groups in total. The van der Waals surface area contributed by atoms with Gasteiger partial charge < -0.3 is 5.32 Å². The number of nitrogens with zero attached hydrogens (tertiary/aromatic N) is 2. The molecule has 0 saturated carbocycles. The molecule has 0 spiro atoms. The molecule has 1 heterocycles. The van der Waals surface area contributed by atoms with Gasteiger partial charge in [-0.3, -0.25) is 4.68 Å². The van der Waals surface area contributed by atoms with Gasteiger partial charge in [-0.05, 0) is 45.0 Å². The van der Waals surface area contributed by atoms with Crippen LogP contribution in [0.5, 0.6) is 0 Å². The van der Waals surface area contributed by atoms with E-state index >= 15 is 0 Å². The number of hydrogen-bond donors (Lipinski definition) is 1. The van der Waals surface area contributed by atoms with Crippen LogP contribution in [0.3, 0.4) is 0 Å². The third-order valence-corrected chi connectivity index (χ3v) is 3.67. The summed E-state index contributed by atoms with van der Waals surface area (Å²) in [4.78, 5) is 0. The van der Waals surface area contributed by atoms with E-state index in [1.807, 2.05) is 44.8 Å². The lowest BCUT2D eigenvalue weighted by Crippen LogP contribution is -2.19. The van der Waals surface area contributed by atoms with Gasteiger partial charge in [0, 0.05) is 18.3 Å². The highest BCUT2D eigenvalue weighted by Gasteiger charge is 2.21. The molecular weight excluding hydrogens is 241 g/mol. The van der Waals surface area contributed by atoms with E-state index in [4.69, 9.17) is 0 Å². The van der Waals surface area contributed by atoms with E-state index in [1.54, 1.807) is 13.0 Å². The topological polar surface area (TPSA) is 29.9 Å². The Kier molecular flexibility index (Phi) is 3.71. The first-order valence-electron chi connectivity index (χ1n) is 6.39. The lowest BCUT2D eigenvalue weighted by Gasteiger charge is -2.18. The van der Waals surface area contributed by atoms with Gasteiger partial charge in [0.1, 0.15) is 5.82 Å². The van der Waals surface area contributed by atoms with Crippen LogP contribution >= 0.6 is 0 Å². The number of hydrogen-bond acceptors (Lipinski definition) is 2. The molecule has 19 heavy (non-hydrogen) atoms. The first kappa shape index (κ1) is 13.7. The largest absolute Gasteiger partial charge is 0.309 e. The van der Waals surface area contributed by atoms with Crippen LogP contribution in [0.1, 0.15) is 34.1 Å². The predicted molar refractivity (Wildman–Crippen MR) is 74.7 cm³/mol. The van der Waals surface area contributed by atoms with Crippen molar-refractivity contribution in [3.8, 4) is 0 Å². The van der Waals surface area contributed by atoms with Crippen molar-refractivity contribution in [1.82, 2.24) is 15.1 Å². The molecule has 1 aromatic heterocycles. The second-order valence-electron chi connectivity index (χ2n) is 4.94. The summed E-state index contributed by atoms with van der Waals surface area (Å²) in [5.74, 6) is -0.169. The van der Waals surface area contributed by atoms with Crippen LogP contribution in [-0.4, -0.2) is 16.8 Å². The fourth-order valence-corrected chi connectivity index (χ4v) is 2.47. The summed E-state index contributed by atoms with van der Waals surface area (Å²) < 4.78 is 15.6. The van der Waals surface area contributed by atoms with E-state index in [0.717, 1.165) is 22.5 Å². The van der Waals surface area contributed by atoms with Crippen molar-refractivity contribution in [3.05, 3.63) is 52.1 Å². The summed E-state index contributed by atoms with van der Waals surface area (Å²) in [7, 11) is 3.81. The highest BCUT2D eigenvalue weighted by Crippen LogP contribution is 2.28. The SMILES string of the molecule is CNC(c1ccc(C)c(F)c1)c1c(C)nn(C)c1C. The fraction of sp³-hybridized carbons (Fsp3) is 0.400. The summed E-state index contributed by atoms with van der Waals surface area (Å²) in [5, 5.41) is 7.68. The molecule has 0 bridgehead atoms. The molecule has 102 valence electrons. The van der Waals surface area contributed by atoms with E-state index in [0.29, 0.717) is 5.56 Å². The van der Waals surface area contributed by atoms with Crippen molar-refractivity contribution >= 4 is 0 Å². The maximum atomic E-state index is 13.7. The second kappa shape index (κ2) is 5.13.